The van der Waals surface area contributed by atoms with Crippen LogP contribution >= 0.6 is 31.9 Å². The Morgan fingerprint density at radius 1 is 1.18 bits per heavy atom. The average molecular weight is 603 g/mol. The molecule has 2 aliphatic carbocycles. The van der Waals surface area contributed by atoms with Gasteiger partial charge in [-0.2, -0.15) is 0 Å². The maximum atomic E-state index is 12.8. The van der Waals surface area contributed by atoms with E-state index in [4.69, 9.17) is 9.47 Å². The van der Waals surface area contributed by atoms with Crippen molar-refractivity contribution >= 4 is 66.9 Å². The Hall–Kier alpha value is -2.54. The van der Waals surface area contributed by atoms with E-state index in [9.17, 15) is 29.3 Å². The van der Waals surface area contributed by atoms with Gasteiger partial charge in [-0.3, -0.25) is 34.2 Å². The number of methoxy groups -OCH3 is 1. The third-order valence-electron chi connectivity index (χ3n) is 6.66. The minimum atomic E-state index is -0.782. The second kappa shape index (κ2) is 9.61. The summed E-state index contributed by atoms with van der Waals surface area (Å²) in [6.07, 6.45) is 0.559. The number of nitrogens with zero attached hydrogens (tertiary/aromatic N) is 2. The first kappa shape index (κ1) is 24.6. The molecule has 3 fully saturated rings. The lowest BCUT2D eigenvalue weighted by atomic mass is 9.81. The maximum Gasteiger partial charge on any atom is 0.308 e. The van der Waals surface area contributed by atoms with Crippen molar-refractivity contribution < 1.29 is 33.6 Å². The lowest BCUT2D eigenvalue weighted by Crippen LogP contribution is -2.37. The molecule has 4 rings (SSSR count). The van der Waals surface area contributed by atoms with Crippen LogP contribution < -0.4 is 10.1 Å². The summed E-state index contributed by atoms with van der Waals surface area (Å²) in [5, 5.41) is 13.5. The number of rotatable bonds is 8. The third kappa shape index (κ3) is 4.30. The molecule has 1 aromatic rings. The first-order chi connectivity index (χ1) is 16.1. The highest BCUT2D eigenvalue weighted by Crippen LogP contribution is 2.60. The molecule has 13 heteroatoms. The van der Waals surface area contributed by atoms with Crippen molar-refractivity contribution in [1.82, 2.24) is 4.90 Å². The molecule has 1 saturated heterocycles. The molecule has 3 amide bonds. The molecule has 182 valence electrons. The monoisotopic (exact) mass is 601 g/mol. The molecule has 1 aliphatic heterocycles. The van der Waals surface area contributed by atoms with Crippen molar-refractivity contribution in [3.8, 4) is 5.75 Å². The Bertz CT molecular complexity index is 1030. The van der Waals surface area contributed by atoms with E-state index in [1.165, 1.54) is 25.3 Å². The number of esters is 1. The summed E-state index contributed by atoms with van der Waals surface area (Å²) in [6.45, 7) is -0.799. The van der Waals surface area contributed by atoms with Crippen molar-refractivity contribution in [2.24, 2.45) is 23.7 Å². The number of fused-ring (bicyclic) bond motifs is 5. The van der Waals surface area contributed by atoms with E-state index in [0.29, 0.717) is 5.75 Å². The van der Waals surface area contributed by atoms with Crippen LogP contribution in [0, 0.1) is 33.8 Å². The second-order valence-electron chi connectivity index (χ2n) is 8.43. The van der Waals surface area contributed by atoms with Crippen LogP contribution in [0.25, 0.3) is 0 Å². The molecular weight excluding hydrogens is 582 g/mol. The number of hydrogen-bond acceptors (Lipinski definition) is 8. The molecule has 0 radical (unpaired) electrons. The summed E-state index contributed by atoms with van der Waals surface area (Å²) in [5.41, 5.74) is -0.447. The summed E-state index contributed by atoms with van der Waals surface area (Å²) < 4.78 is 9.93. The quantitative estimate of drug-likeness (QED) is 0.157. The van der Waals surface area contributed by atoms with Crippen molar-refractivity contribution in [2.75, 3.05) is 25.6 Å². The Kier molecular flexibility index (Phi) is 6.94. The maximum absolute atomic E-state index is 12.8. The fourth-order valence-electron chi connectivity index (χ4n) is 5.14. The standard InChI is InChI=1S/C21H21Br2N3O8/c1-33-9-2-3-13(26(31)32)12(6-9)24-14(27)8-34-15(28)4-5-25-20(29)16-10-7-11(17(16)21(25)30)19(23)18(10)22/h2-3,6,10-11,16-19H,4-5,7-8H2,1H3,(H,24,27)/t10-,11-,16-,17+,18+,19+/m1/s1. The number of nitro benzene ring substituents is 1. The van der Waals surface area contributed by atoms with Gasteiger partial charge in [0.05, 0.1) is 30.3 Å². The van der Waals surface area contributed by atoms with E-state index < -0.39 is 23.4 Å². The van der Waals surface area contributed by atoms with Crippen molar-refractivity contribution in [3.63, 3.8) is 0 Å². The molecule has 1 heterocycles. The number of nitro groups is 1. The van der Waals surface area contributed by atoms with E-state index in [1.807, 2.05) is 0 Å². The highest BCUT2D eigenvalue weighted by Gasteiger charge is 2.66. The molecule has 6 atom stereocenters. The minimum Gasteiger partial charge on any atom is -0.497 e. The zero-order chi connectivity index (χ0) is 24.7. The summed E-state index contributed by atoms with van der Waals surface area (Å²) in [7, 11) is 1.37. The molecule has 2 saturated carbocycles. The van der Waals surface area contributed by atoms with E-state index in [1.54, 1.807) is 0 Å². The number of alkyl halides is 2. The van der Waals surface area contributed by atoms with Gasteiger partial charge in [0.25, 0.3) is 11.6 Å². The van der Waals surface area contributed by atoms with Crippen LogP contribution in [0.15, 0.2) is 18.2 Å². The van der Waals surface area contributed by atoms with E-state index in [0.717, 1.165) is 11.3 Å². The predicted molar refractivity (Wildman–Crippen MR) is 125 cm³/mol. The Balaban J connectivity index is 1.29. The molecule has 3 aliphatic rings. The average Bonchev–Trinajstić information content (AvgIpc) is 3.41. The number of halogens is 2. The summed E-state index contributed by atoms with van der Waals surface area (Å²) >= 11 is 7.24. The SMILES string of the molecule is COc1ccc([N+](=O)[O-])c(NC(=O)COC(=O)CCN2C(=O)[C@@H]3[C@H]4C[C@@H]([C@H](Br)[C@H]4Br)[C@@H]3C2=O)c1. The van der Waals surface area contributed by atoms with E-state index in [-0.39, 0.29) is 69.5 Å². The van der Waals surface area contributed by atoms with Crippen LogP contribution in [-0.2, 0) is 23.9 Å². The second-order valence-corrected chi connectivity index (χ2v) is 10.5. The largest absolute Gasteiger partial charge is 0.497 e. The summed E-state index contributed by atoms with van der Waals surface area (Å²) in [6, 6.07) is 3.84. The number of carbonyl (C=O) groups is 4. The van der Waals surface area contributed by atoms with Crippen LogP contribution in [0.1, 0.15) is 12.8 Å². The number of imide groups is 1. The van der Waals surface area contributed by atoms with E-state index >= 15 is 0 Å². The number of nitrogens with one attached hydrogen (secondary N) is 1. The van der Waals surface area contributed by atoms with Gasteiger partial charge in [-0.15, -0.1) is 0 Å². The van der Waals surface area contributed by atoms with Gasteiger partial charge in [-0.25, -0.2) is 0 Å². The van der Waals surface area contributed by atoms with Crippen molar-refractivity contribution in [1.29, 1.82) is 0 Å². The van der Waals surface area contributed by atoms with Crippen LogP contribution in [0.3, 0.4) is 0 Å². The minimum absolute atomic E-state index is 0.0807. The molecule has 34 heavy (non-hydrogen) atoms. The number of likely N-dealkylation sites (tertiary alicyclic amines) is 1. The van der Waals surface area contributed by atoms with Crippen molar-refractivity contribution in [3.05, 3.63) is 28.3 Å². The van der Waals surface area contributed by atoms with Gasteiger partial charge in [-0.1, -0.05) is 31.9 Å². The highest BCUT2D eigenvalue weighted by atomic mass is 79.9. The molecule has 2 bridgehead atoms. The molecule has 1 N–H and O–H groups in total. The number of carbonyl (C=O) groups excluding carboxylic acids is 4. The predicted octanol–water partition coefficient (Wildman–Crippen LogP) is 2.25. The summed E-state index contributed by atoms with van der Waals surface area (Å²) in [5.74, 6) is -2.34. The Morgan fingerprint density at radius 3 is 2.35 bits per heavy atom. The van der Waals surface area contributed by atoms with Crippen LogP contribution in [0.2, 0.25) is 0 Å². The van der Waals surface area contributed by atoms with Crippen LogP contribution in [-0.4, -0.2) is 63.4 Å². The van der Waals surface area contributed by atoms with Gasteiger partial charge < -0.3 is 14.8 Å². The molecule has 1 aromatic carbocycles. The zero-order valence-corrected chi connectivity index (χ0v) is 21.1. The van der Waals surface area contributed by atoms with Crippen LogP contribution in [0.4, 0.5) is 11.4 Å². The lowest BCUT2D eigenvalue weighted by molar-refractivity contribution is -0.383. The first-order valence-corrected chi connectivity index (χ1v) is 12.4. The highest BCUT2D eigenvalue weighted by molar-refractivity contribution is 9.12. The normalized spacial score (nSPS) is 29.2. The van der Waals surface area contributed by atoms with Gasteiger partial charge in [0, 0.05) is 28.3 Å². The Labute approximate surface area is 210 Å². The Morgan fingerprint density at radius 2 is 1.79 bits per heavy atom. The van der Waals surface area contributed by atoms with Gasteiger partial charge in [0.15, 0.2) is 6.61 Å². The number of anilines is 1. The van der Waals surface area contributed by atoms with Crippen LogP contribution in [0.5, 0.6) is 5.75 Å². The smallest absolute Gasteiger partial charge is 0.308 e. The van der Waals surface area contributed by atoms with Crippen molar-refractivity contribution in [2.45, 2.75) is 22.5 Å². The molecule has 0 unspecified atom stereocenters. The van der Waals surface area contributed by atoms with E-state index in [2.05, 4.69) is 37.2 Å². The third-order valence-corrected chi connectivity index (χ3v) is 9.86. The van der Waals surface area contributed by atoms with Gasteiger partial charge in [0.2, 0.25) is 11.8 Å². The number of hydrogen-bond donors (Lipinski definition) is 1. The van der Waals surface area contributed by atoms with Gasteiger partial charge in [-0.05, 0) is 24.3 Å². The fourth-order valence-corrected chi connectivity index (χ4v) is 7.01. The topological polar surface area (TPSA) is 145 Å². The summed E-state index contributed by atoms with van der Waals surface area (Å²) in [4.78, 5) is 61.8. The molecule has 11 nitrogen and oxygen atoms in total. The fraction of sp³-hybridized carbons (Fsp3) is 0.524. The zero-order valence-electron chi connectivity index (χ0n) is 17.9. The number of ether oxygens (including phenoxy) is 2. The first-order valence-electron chi connectivity index (χ1n) is 10.5. The lowest BCUT2D eigenvalue weighted by Gasteiger charge is -2.28. The molecular formula is C21H21Br2N3O8. The molecule has 0 spiro atoms. The number of amides is 3. The van der Waals surface area contributed by atoms with Gasteiger partial charge in [0.1, 0.15) is 11.4 Å². The van der Waals surface area contributed by atoms with Gasteiger partial charge >= 0.3 is 5.97 Å². The number of benzene rings is 1. The molecule has 0 aromatic heterocycles.